The van der Waals surface area contributed by atoms with Gasteiger partial charge in [0.15, 0.2) is 0 Å². The van der Waals surface area contributed by atoms with Gasteiger partial charge in [-0.05, 0) is 12.5 Å². The largest absolute Gasteiger partial charge is 0.496 e. The molecule has 1 saturated heterocycles. The van der Waals surface area contributed by atoms with E-state index in [1.807, 2.05) is 36.1 Å². The van der Waals surface area contributed by atoms with Crippen molar-refractivity contribution in [3.8, 4) is 5.75 Å². The molecule has 128 valence electrons. The van der Waals surface area contributed by atoms with Gasteiger partial charge in [-0.2, -0.15) is 0 Å². The van der Waals surface area contributed by atoms with E-state index >= 15 is 0 Å². The molecule has 1 fully saturated rings. The van der Waals surface area contributed by atoms with E-state index in [4.69, 9.17) is 9.47 Å². The van der Waals surface area contributed by atoms with Crippen LogP contribution in [0.4, 0.5) is 0 Å². The topological polar surface area (TPSA) is 42.0 Å². The fraction of sp³-hybridized carbons (Fsp3) is 0.611. The van der Waals surface area contributed by atoms with E-state index in [1.165, 1.54) is 0 Å². The third-order valence-electron chi connectivity index (χ3n) is 4.16. The molecule has 0 aromatic heterocycles. The maximum absolute atomic E-state index is 12.5. The predicted octanol–water partition coefficient (Wildman–Crippen LogP) is 2.16. The third kappa shape index (κ3) is 5.52. The van der Waals surface area contributed by atoms with E-state index in [0.717, 1.165) is 57.1 Å². The van der Waals surface area contributed by atoms with Crippen molar-refractivity contribution in [3.05, 3.63) is 29.8 Å². The summed E-state index contributed by atoms with van der Waals surface area (Å²) in [5.74, 6) is 1.06. The number of para-hydroxylation sites is 1. The van der Waals surface area contributed by atoms with Crippen LogP contribution >= 0.6 is 0 Å². The Balaban J connectivity index is 1.99. The SMILES string of the molecule is CCCC(=O)N(CCN1CCOCC1)Cc1ccccc1OC. The van der Waals surface area contributed by atoms with Crippen LogP contribution < -0.4 is 4.74 Å². The summed E-state index contributed by atoms with van der Waals surface area (Å²) in [4.78, 5) is 16.8. The van der Waals surface area contributed by atoms with Crippen molar-refractivity contribution in [3.63, 3.8) is 0 Å². The number of hydrogen-bond donors (Lipinski definition) is 0. The van der Waals surface area contributed by atoms with Crippen LogP contribution in [0.5, 0.6) is 5.75 Å². The van der Waals surface area contributed by atoms with E-state index < -0.39 is 0 Å². The second-order valence-corrected chi connectivity index (χ2v) is 5.83. The lowest BCUT2D eigenvalue weighted by Crippen LogP contribution is -2.42. The van der Waals surface area contributed by atoms with Crippen molar-refractivity contribution in [2.75, 3.05) is 46.5 Å². The molecule has 0 atom stereocenters. The summed E-state index contributed by atoms with van der Waals surface area (Å²) in [7, 11) is 1.67. The minimum Gasteiger partial charge on any atom is -0.496 e. The van der Waals surface area contributed by atoms with Gasteiger partial charge in [-0.25, -0.2) is 0 Å². The van der Waals surface area contributed by atoms with E-state index in [9.17, 15) is 4.79 Å². The maximum Gasteiger partial charge on any atom is 0.222 e. The number of amides is 1. The summed E-state index contributed by atoms with van der Waals surface area (Å²) in [5, 5.41) is 0. The molecule has 0 radical (unpaired) electrons. The highest BCUT2D eigenvalue weighted by Crippen LogP contribution is 2.19. The molecular weight excluding hydrogens is 292 g/mol. The molecule has 2 rings (SSSR count). The zero-order valence-electron chi connectivity index (χ0n) is 14.3. The van der Waals surface area contributed by atoms with E-state index in [-0.39, 0.29) is 5.91 Å². The zero-order chi connectivity index (χ0) is 16.5. The normalized spacial score (nSPS) is 15.4. The van der Waals surface area contributed by atoms with Crippen LogP contribution in [0.2, 0.25) is 0 Å². The molecule has 0 spiro atoms. The molecule has 5 heteroatoms. The number of nitrogens with zero attached hydrogens (tertiary/aromatic N) is 2. The van der Waals surface area contributed by atoms with Crippen LogP contribution in [0.1, 0.15) is 25.3 Å². The Morgan fingerprint density at radius 1 is 1.30 bits per heavy atom. The summed E-state index contributed by atoms with van der Waals surface area (Å²) in [6.07, 6.45) is 1.47. The van der Waals surface area contributed by atoms with Crippen molar-refractivity contribution in [2.45, 2.75) is 26.3 Å². The lowest BCUT2D eigenvalue weighted by Gasteiger charge is -2.30. The van der Waals surface area contributed by atoms with Crippen LogP contribution in [0, 0.1) is 0 Å². The summed E-state index contributed by atoms with van der Waals surface area (Å²) in [6.45, 7) is 7.76. The van der Waals surface area contributed by atoms with Gasteiger partial charge in [0, 0.05) is 44.7 Å². The third-order valence-corrected chi connectivity index (χ3v) is 4.16. The molecule has 0 unspecified atom stereocenters. The molecule has 0 bridgehead atoms. The van der Waals surface area contributed by atoms with E-state index in [0.29, 0.717) is 13.0 Å². The van der Waals surface area contributed by atoms with Gasteiger partial charge in [0.2, 0.25) is 5.91 Å². The number of carbonyl (C=O) groups is 1. The monoisotopic (exact) mass is 320 g/mol. The highest BCUT2D eigenvalue weighted by atomic mass is 16.5. The first kappa shape index (κ1) is 17.8. The summed E-state index contributed by atoms with van der Waals surface area (Å²) in [5.41, 5.74) is 1.06. The van der Waals surface area contributed by atoms with Crippen molar-refractivity contribution < 1.29 is 14.3 Å². The molecule has 1 aromatic carbocycles. The van der Waals surface area contributed by atoms with Gasteiger partial charge in [0.05, 0.1) is 20.3 Å². The fourth-order valence-electron chi connectivity index (χ4n) is 2.79. The number of rotatable bonds is 8. The molecule has 0 saturated carbocycles. The van der Waals surface area contributed by atoms with Crippen LogP contribution in [0.3, 0.4) is 0 Å². The Bertz CT molecular complexity index is 487. The van der Waals surface area contributed by atoms with Crippen LogP contribution in [-0.2, 0) is 16.1 Å². The number of morpholine rings is 1. The van der Waals surface area contributed by atoms with Crippen LogP contribution in [-0.4, -0.2) is 62.2 Å². The second kappa shape index (κ2) is 9.53. The number of carbonyl (C=O) groups excluding carboxylic acids is 1. The fourth-order valence-corrected chi connectivity index (χ4v) is 2.79. The molecule has 1 aliphatic rings. The first-order valence-electron chi connectivity index (χ1n) is 8.44. The van der Waals surface area contributed by atoms with Crippen LogP contribution in [0.25, 0.3) is 0 Å². The lowest BCUT2D eigenvalue weighted by atomic mass is 10.1. The number of methoxy groups -OCH3 is 1. The molecule has 0 aliphatic carbocycles. The van der Waals surface area contributed by atoms with Gasteiger partial charge in [-0.1, -0.05) is 25.1 Å². The minimum atomic E-state index is 0.215. The molecule has 0 N–H and O–H groups in total. The maximum atomic E-state index is 12.5. The predicted molar refractivity (Wildman–Crippen MR) is 90.6 cm³/mol. The first-order valence-corrected chi connectivity index (χ1v) is 8.44. The first-order chi connectivity index (χ1) is 11.2. The van der Waals surface area contributed by atoms with Gasteiger partial charge in [-0.15, -0.1) is 0 Å². The number of ether oxygens (including phenoxy) is 2. The molecule has 1 heterocycles. The highest BCUT2D eigenvalue weighted by molar-refractivity contribution is 5.76. The Hall–Kier alpha value is -1.59. The average Bonchev–Trinajstić information content (AvgIpc) is 2.60. The number of benzene rings is 1. The van der Waals surface area contributed by atoms with E-state index in [1.54, 1.807) is 7.11 Å². The Morgan fingerprint density at radius 2 is 2.04 bits per heavy atom. The number of hydrogen-bond acceptors (Lipinski definition) is 4. The standard InChI is InChI=1S/C18H28N2O3/c1-3-6-18(21)20(10-9-19-11-13-23-14-12-19)15-16-7-4-5-8-17(16)22-2/h4-5,7-8H,3,6,9-15H2,1-2H3. The smallest absolute Gasteiger partial charge is 0.222 e. The summed E-state index contributed by atoms with van der Waals surface area (Å²) < 4.78 is 10.8. The van der Waals surface area contributed by atoms with Crippen molar-refractivity contribution in [1.29, 1.82) is 0 Å². The Morgan fingerprint density at radius 3 is 2.74 bits per heavy atom. The molecular formula is C18H28N2O3. The highest BCUT2D eigenvalue weighted by Gasteiger charge is 2.17. The zero-order valence-corrected chi connectivity index (χ0v) is 14.3. The van der Waals surface area contributed by atoms with Gasteiger partial charge in [0.1, 0.15) is 5.75 Å². The van der Waals surface area contributed by atoms with Gasteiger partial charge >= 0.3 is 0 Å². The molecule has 23 heavy (non-hydrogen) atoms. The molecule has 5 nitrogen and oxygen atoms in total. The average molecular weight is 320 g/mol. The quantitative estimate of drug-likeness (QED) is 0.736. The van der Waals surface area contributed by atoms with Gasteiger partial charge < -0.3 is 14.4 Å². The lowest BCUT2D eigenvalue weighted by molar-refractivity contribution is -0.132. The summed E-state index contributed by atoms with van der Waals surface area (Å²) in [6, 6.07) is 7.91. The molecule has 1 aromatic rings. The van der Waals surface area contributed by atoms with Crippen molar-refractivity contribution in [2.24, 2.45) is 0 Å². The Labute approximate surface area is 139 Å². The van der Waals surface area contributed by atoms with Gasteiger partial charge in [0.25, 0.3) is 0 Å². The van der Waals surface area contributed by atoms with Gasteiger partial charge in [-0.3, -0.25) is 9.69 Å². The summed E-state index contributed by atoms with van der Waals surface area (Å²) >= 11 is 0. The minimum absolute atomic E-state index is 0.215. The second-order valence-electron chi connectivity index (χ2n) is 5.83. The molecule has 1 aliphatic heterocycles. The van der Waals surface area contributed by atoms with E-state index in [2.05, 4.69) is 4.90 Å². The van der Waals surface area contributed by atoms with Crippen LogP contribution in [0.15, 0.2) is 24.3 Å². The van der Waals surface area contributed by atoms with Crippen molar-refractivity contribution in [1.82, 2.24) is 9.80 Å². The Kier molecular flexibility index (Phi) is 7.36. The van der Waals surface area contributed by atoms with Crippen molar-refractivity contribution >= 4 is 5.91 Å². The molecule has 1 amide bonds.